The Labute approximate surface area is 140 Å². The standard InChI is InChI=1S/C16H19FN4O2S/c1-21(2)16-18-10-13-14(19-16)7-4-8-15(13)20-24(22,23)12-6-3-5-11(17)9-12/h3,5-6,9-10,15,20H,4,7-8H2,1-2H3. The molecule has 1 aromatic heterocycles. The van der Waals surface area contributed by atoms with Crippen LogP contribution in [0.1, 0.15) is 30.1 Å². The molecule has 1 aliphatic carbocycles. The van der Waals surface area contributed by atoms with Gasteiger partial charge < -0.3 is 4.90 Å². The first kappa shape index (κ1) is 16.8. The predicted octanol–water partition coefficient (Wildman–Crippen LogP) is 2.04. The molecule has 24 heavy (non-hydrogen) atoms. The fourth-order valence-corrected chi connectivity index (χ4v) is 4.04. The van der Waals surface area contributed by atoms with Crippen LogP contribution in [0.4, 0.5) is 10.3 Å². The molecule has 0 bridgehead atoms. The second-order valence-electron chi connectivity index (χ2n) is 5.99. The van der Waals surface area contributed by atoms with Gasteiger partial charge in [0, 0.05) is 25.9 Å². The lowest BCUT2D eigenvalue weighted by Crippen LogP contribution is -2.32. The Morgan fingerprint density at radius 1 is 1.33 bits per heavy atom. The summed E-state index contributed by atoms with van der Waals surface area (Å²) in [5, 5.41) is 0. The van der Waals surface area contributed by atoms with Gasteiger partial charge in [0.25, 0.3) is 0 Å². The summed E-state index contributed by atoms with van der Waals surface area (Å²) in [6, 6.07) is 4.58. The number of aryl methyl sites for hydroxylation is 1. The van der Waals surface area contributed by atoms with Gasteiger partial charge in [0.2, 0.25) is 16.0 Å². The van der Waals surface area contributed by atoms with Crippen molar-refractivity contribution in [3.8, 4) is 0 Å². The highest BCUT2D eigenvalue weighted by atomic mass is 32.2. The Kier molecular flexibility index (Phi) is 4.51. The number of fused-ring (bicyclic) bond motifs is 1. The molecule has 8 heteroatoms. The molecule has 6 nitrogen and oxygen atoms in total. The van der Waals surface area contributed by atoms with Gasteiger partial charge in [0.15, 0.2) is 0 Å². The summed E-state index contributed by atoms with van der Waals surface area (Å²) >= 11 is 0. The molecule has 0 saturated carbocycles. The van der Waals surface area contributed by atoms with Crippen molar-refractivity contribution in [1.29, 1.82) is 0 Å². The van der Waals surface area contributed by atoms with Crippen LogP contribution in [0.25, 0.3) is 0 Å². The fourth-order valence-electron chi connectivity index (χ4n) is 2.76. The monoisotopic (exact) mass is 350 g/mol. The molecule has 1 unspecified atom stereocenters. The molecular formula is C16H19FN4O2S. The Morgan fingerprint density at radius 2 is 2.12 bits per heavy atom. The van der Waals surface area contributed by atoms with Gasteiger partial charge in [0.05, 0.1) is 16.6 Å². The number of hydrogen-bond donors (Lipinski definition) is 1. The maximum Gasteiger partial charge on any atom is 0.241 e. The van der Waals surface area contributed by atoms with Gasteiger partial charge in [-0.05, 0) is 37.5 Å². The average molecular weight is 350 g/mol. The lowest BCUT2D eigenvalue weighted by molar-refractivity contribution is 0.499. The molecule has 0 saturated heterocycles. The summed E-state index contributed by atoms with van der Waals surface area (Å²) in [6.07, 6.45) is 3.95. The van der Waals surface area contributed by atoms with E-state index in [2.05, 4.69) is 14.7 Å². The van der Waals surface area contributed by atoms with Crippen LogP contribution in [0.3, 0.4) is 0 Å². The Balaban J connectivity index is 1.90. The summed E-state index contributed by atoms with van der Waals surface area (Å²) < 4.78 is 41.0. The smallest absolute Gasteiger partial charge is 0.241 e. The van der Waals surface area contributed by atoms with Gasteiger partial charge in [0.1, 0.15) is 5.82 Å². The molecular weight excluding hydrogens is 331 g/mol. The van der Waals surface area contributed by atoms with Gasteiger partial charge in [-0.3, -0.25) is 0 Å². The van der Waals surface area contributed by atoms with E-state index in [1.54, 1.807) is 11.1 Å². The topological polar surface area (TPSA) is 75.2 Å². The summed E-state index contributed by atoms with van der Waals surface area (Å²) in [5.74, 6) is 0.0169. The Bertz CT molecular complexity index is 855. The van der Waals surface area contributed by atoms with Crippen LogP contribution < -0.4 is 9.62 Å². The van der Waals surface area contributed by atoms with Gasteiger partial charge in [-0.25, -0.2) is 27.5 Å². The quantitative estimate of drug-likeness (QED) is 0.913. The summed E-state index contributed by atoms with van der Waals surface area (Å²) in [6.45, 7) is 0. The number of sulfonamides is 1. The molecule has 1 aliphatic rings. The van der Waals surface area contributed by atoms with Crippen molar-refractivity contribution in [3.63, 3.8) is 0 Å². The van der Waals surface area contributed by atoms with Crippen LogP contribution in [0.15, 0.2) is 35.4 Å². The highest BCUT2D eigenvalue weighted by Crippen LogP contribution is 2.30. The first-order valence-corrected chi connectivity index (χ1v) is 9.16. The lowest BCUT2D eigenvalue weighted by atomic mass is 9.93. The zero-order valence-corrected chi connectivity index (χ0v) is 14.3. The molecule has 0 fully saturated rings. The molecule has 0 amide bonds. The third kappa shape index (κ3) is 3.39. The second-order valence-corrected chi connectivity index (χ2v) is 7.70. The number of halogens is 1. The summed E-state index contributed by atoms with van der Waals surface area (Å²) in [5.41, 5.74) is 1.64. The Hall–Kier alpha value is -2.06. The minimum Gasteiger partial charge on any atom is -0.347 e. The third-order valence-corrected chi connectivity index (χ3v) is 5.44. The average Bonchev–Trinajstić information content (AvgIpc) is 2.54. The molecule has 0 spiro atoms. The number of aromatic nitrogens is 2. The van der Waals surface area contributed by atoms with Gasteiger partial charge in [-0.1, -0.05) is 6.07 Å². The predicted molar refractivity (Wildman–Crippen MR) is 88.8 cm³/mol. The van der Waals surface area contributed by atoms with Crippen LogP contribution >= 0.6 is 0 Å². The minimum atomic E-state index is -3.81. The highest BCUT2D eigenvalue weighted by molar-refractivity contribution is 7.89. The van der Waals surface area contributed by atoms with Crippen LogP contribution in [-0.4, -0.2) is 32.5 Å². The van der Waals surface area contributed by atoms with Crippen molar-refractivity contribution in [3.05, 3.63) is 47.5 Å². The normalized spacial score (nSPS) is 17.4. The van der Waals surface area contributed by atoms with E-state index in [0.29, 0.717) is 12.4 Å². The maximum absolute atomic E-state index is 13.3. The molecule has 3 rings (SSSR count). The molecule has 1 atom stereocenters. The van der Waals surface area contributed by atoms with Gasteiger partial charge in [-0.15, -0.1) is 0 Å². The molecule has 1 heterocycles. The summed E-state index contributed by atoms with van der Waals surface area (Å²) in [7, 11) is -0.0959. The zero-order chi connectivity index (χ0) is 17.3. The van der Waals surface area contributed by atoms with Crippen LogP contribution in [0.2, 0.25) is 0 Å². The van der Waals surface area contributed by atoms with Crippen molar-refractivity contribution in [2.45, 2.75) is 30.2 Å². The fraction of sp³-hybridized carbons (Fsp3) is 0.375. The number of nitrogens with zero attached hydrogens (tertiary/aromatic N) is 3. The van der Waals surface area contributed by atoms with E-state index in [1.807, 2.05) is 14.1 Å². The largest absolute Gasteiger partial charge is 0.347 e. The molecule has 0 radical (unpaired) electrons. The third-order valence-electron chi connectivity index (χ3n) is 3.97. The first-order chi connectivity index (χ1) is 11.4. The first-order valence-electron chi connectivity index (χ1n) is 7.68. The Morgan fingerprint density at radius 3 is 2.83 bits per heavy atom. The maximum atomic E-state index is 13.3. The van der Waals surface area contributed by atoms with E-state index < -0.39 is 21.9 Å². The van der Waals surface area contributed by atoms with E-state index in [-0.39, 0.29) is 4.90 Å². The van der Waals surface area contributed by atoms with Crippen molar-refractivity contribution in [2.24, 2.45) is 0 Å². The van der Waals surface area contributed by atoms with Crippen molar-refractivity contribution in [1.82, 2.24) is 14.7 Å². The van der Waals surface area contributed by atoms with Crippen LogP contribution in [0.5, 0.6) is 0 Å². The van der Waals surface area contributed by atoms with E-state index in [9.17, 15) is 12.8 Å². The van der Waals surface area contributed by atoms with E-state index in [1.165, 1.54) is 18.2 Å². The van der Waals surface area contributed by atoms with E-state index in [4.69, 9.17) is 0 Å². The second kappa shape index (κ2) is 6.45. The highest BCUT2D eigenvalue weighted by Gasteiger charge is 2.27. The van der Waals surface area contributed by atoms with E-state index >= 15 is 0 Å². The van der Waals surface area contributed by atoms with Crippen LogP contribution in [0, 0.1) is 5.82 Å². The number of nitrogens with one attached hydrogen (secondary N) is 1. The van der Waals surface area contributed by atoms with Gasteiger partial charge >= 0.3 is 0 Å². The number of benzene rings is 1. The number of hydrogen-bond acceptors (Lipinski definition) is 5. The molecule has 128 valence electrons. The molecule has 1 aromatic carbocycles. The lowest BCUT2D eigenvalue weighted by Gasteiger charge is -2.26. The van der Waals surface area contributed by atoms with Crippen LogP contribution in [-0.2, 0) is 16.4 Å². The summed E-state index contributed by atoms with van der Waals surface area (Å²) in [4.78, 5) is 10.5. The minimum absolute atomic E-state index is 0.0829. The van der Waals surface area contributed by atoms with Crippen molar-refractivity contribution < 1.29 is 12.8 Å². The van der Waals surface area contributed by atoms with Crippen molar-refractivity contribution in [2.75, 3.05) is 19.0 Å². The van der Waals surface area contributed by atoms with Crippen molar-refractivity contribution >= 4 is 16.0 Å². The molecule has 1 N–H and O–H groups in total. The zero-order valence-electron chi connectivity index (χ0n) is 13.5. The number of anilines is 1. The van der Waals surface area contributed by atoms with E-state index in [0.717, 1.165) is 30.2 Å². The molecule has 0 aliphatic heterocycles. The SMILES string of the molecule is CN(C)c1ncc2c(n1)CCCC2NS(=O)(=O)c1cccc(F)c1. The number of rotatable bonds is 4. The molecule has 2 aromatic rings. The van der Waals surface area contributed by atoms with Gasteiger partial charge in [-0.2, -0.15) is 0 Å².